The fourth-order valence-corrected chi connectivity index (χ4v) is 2.43. The van der Waals surface area contributed by atoms with Crippen molar-refractivity contribution in [2.45, 2.75) is 25.8 Å². The first-order chi connectivity index (χ1) is 10.0. The predicted molar refractivity (Wildman–Crippen MR) is 79.9 cm³/mol. The molecule has 1 aliphatic heterocycles. The minimum Gasteiger partial charge on any atom is -0.484 e. The first-order valence-electron chi connectivity index (χ1n) is 7.10. The van der Waals surface area contributed by atoms with E-state index in [1.807, 2.05) is 0 Å². The molecule has 2 unspecified atom stereocenters. The van der Waals surface area contributed by atoms with E-state index < -0.39 is 5.91 Å². The molecule has 0 saturated carbocycles. The summed E-state index contributed by atoms with van der Waals surface area (Å²) in [7, 11) is 0. The van der Waals surface area contributed by atoms with E-state index in [-0.39, 0.29) is 18.4 Å². The van der Waals surface area contributed by atoms with Gasteiger partial charge in [-0.2, -0.15) is 0 Å². The standard InChI is InChI=1S/C15H21N3O3/c1-10-7-11(5-6-17-10)15(20)18-12-3-2-4-13(8-12)21-9-14(16)19/h2-4,8,10-11,17H,5-7,9H2,1H3,(H2,16,19)(H,18,20). The molecule has 1 aromatic rings. The molecule has 1 aliphatic rings. The molecule has 0 aromatic heterocycles. The van der Waals surface area contributed by atoms with E-state index in [2.05, 4.69) is 17.6 Å². The molecule has 2 amide bonds. The van der Waals surface area contributed by atoms with Crippen LogP contribution in [-0.2, 0) is 9.59 Å². The molecular formula is C15H21N3O3. The molecule has 2 atom stereocenters. The van der Waals surface area contributed by atoms with E-state index >= 15 is 0 Å². The molecule has 0 aliphatic carbocycles. The monoisotopic (exact) mass is 291 g/mol. The summed E-state index contributed by atoms with van der Waals surface area (Å²) < 4.78 is 5.22. The van der Waals surface area contributed by atoms with Gasteiger partial charge in [-0.3, -0.25) is 9.59 Å². The molecule has 1 fully saturated rings. The normalized spacial score (nSPS) is 21.6. The van der Waals surface area contributed by atoms with Crippen molar-refractivity contribution >= 4 is 17.5 Å². The Morgan fingerprint density at radius 2 is 2.29 bits per heavy atom. The van der Waals surface area contributed by atoms with Gasteiger partial charge in [-0.1, -0.05) is 6.07 Å². The van der Waals surface area contributed by atoms with Crippen LogP contribution in [-0.4, -0.2) is 31.0 Å². The van der Waals surface area contributed by atoms with Crippen molar-refractivity contribution in [2.75, 3.05) is 18.5 Å². The predicted octanol–water partition coefficient (Wildman–Crippen LogP) is 0.877. The molecule has 1 aromatic carbocycles. The van der Waals surface area contributed by atoms with Gasteiger partial charge in [0, 0.05) is 23.7 Å². The molecule has 114 valence electrons. The lowest BCUT2D eigenvalue weighted by atomic mass is 9.92. The van der Waals surface area contributed by atoms with Crippen molar-refractivity contribution in [3.63, 3.8) is 0 Å². The largest absolute Gasteiger partial charge is 0.484 e. The Hall–Kier alpha value is -2.08. The number of primary amides is 1. The molecule has 6 nitrogen and oxygen atoms in total. The van der Waals surface area contributed by atoms with Crippen LogP contribution in [0.4, 0.5) is 5.69 Å². The van der Waals surface area contributed by atoms with E-state index in [0.717, 1.165) is 19.4 Å². The number of hydrogen-bond donors (Lipinski definition) is 3. The van der Waals surface area contributed by atoms with Crippen LogP contribution in [0.5, 0.6) is 5.75 Å². The van der Waals surface area contributed by atoms with E-state index in [1.165, 1.54) is 0 Å². The lowest BCUT2D eigenvalue weighted by molar-refractivity contribution is -0.121. The summed E-state index contributed by atoms with van der Waals surface area (Å²) in [6, 6.07) is 7.31. The van der Waals surface area contributed by atoms with Gasteiger partial charge in [0.15, 0.2) is 6.61 Å². The minimum absolute atomic E-state index is 0.0235. The van der Waals surface area contributed by atoms with Crippen LogP contribution < -0.4 is 21.1 Å². The first-order valence-corrected chi connectivity index (χ1v) is 7.10. The summed E-state index contributed by atoms with van der Waals surface area (Å²) in [5, 5.41) is 6.22. The quantitative estimate of drug-likeness (QED) is 0.750. The molecular weight excluding hydrogens is 270 g/mol. The number of anilines is 1. The second kappa shape index (κ2) is 7.08. The lowest BCUT2D eigenvalue weighted by Crippen LogP contribution is -2.40. The van der Waals surface area contributed by atoms with Crippen molar-refractivity contribution in [3.05, 3.63) is 24.3 Å². The molecule has 0 bridgehead atoms. The first kappa shape index (κ1) is 15.3. The summed E-state index contributed by atoms with van der Waals surface area (Å²) in [6.45, 7) is 2.77. The second-order valence-corrected chi connectivity index (χ2v) is 5.35. The highest BCUT2D eigenvalue weighted by atomic mass is 16.5. The summed E-state index contributed by atoms with van der Waals surface area (Å²) >= 11 is 0. The number of amides is 2. The maximum Gasteiger partial charge on any atom is 0.255 e. The Morgan fingerprint density at radius 3 is 3.00 bits per heavy atom. The SMILES string of the molecule is CC1CC(C(=O)Nc2cccc(OCC(N)=O)c2)CCN1. The average Bonchev–Trinajstić information content (AvgIpc) is 2.45. The third-order valence-corrected chi connectivity index (χ3v) is 3.48. The fraction of sp³-hybridized carbons (Fsp3) is 0.467. The third-order valence-electron chi connectivity index (χ3n) is 3.48. The number of piperidine rings is 1. The number of hydrogen-bond acceptors (Lipinski definition) is 4. The zero-order chi connectivity index (χ0) is 15.2. The van der Waals surface area contributed by atoms with Crippen LogP contribution in [0.15, 0.2) is 24.3 Å². The highest BCUT2D eigenvalue weighted by Gasteiger charge is 2.24. The molecule has 0 spiro atoms. The van der Waals surface area contributed by atoms with Crippen LogP contribution in [0.3, 0.4) is 0 Å². The van der Waals surface area contributed by atoms with Crippen LogP contribution in [0.2, 0.25) is 0 Å². The Morgan fingerprint density at radius 1 is 1.48 bits per heavy atom. The highest BCUT2D eigenvalue weighted by molar-refractivity contribution is 5.92. The fourth-order valence-electron chi connectivity index (χ4n) is 2.43. The van der Waals surface area contributed by atoms with Gasteiger partial charge in [-0.05, 0) is 38.4 Å². The lowest BCUT2D eigenvalue weighted by Gasteiger charge is -2.27. The zero-order valence-corrected chi connectivity index (χ0v) is 12.1. The number of ether oxygens (including phenoxy) is 1. The molecule has 6 heteroatoms. The maximum atomic E-state index is 12.2. The van der Waals surface area contributed by atoms with Gasteiger partial charge in [0.05, 0.1) is 0 Å². The van der Waals surface area contributed by atoms with Gasteiger partial charge in [0.2, 0.25) is 5.91 Å². The zero-order valence-electron chi connectivity index (χ0n) is 12.1. The van der Waals surface area contributed by atoms with E-state index in [9.17, 15) is 9.59 Å². The topological polar surface area (TPSA) is 93.4 Å². The number of rotatable bonds is 5. The van der Waals surface area contributed by atoms with Crippen molar-refractivity contribution in [1.82, 2.24) is 5.32 Å². The molecule has 4 N–H and O–H groups in total. The maximum absolute atomic E-state index is 12.2. The number of nitrogens with one attached hydrogen (secondary N) is 2. The third kappa shape index (κ3) is 4.75. The van der Waals surface area contributed by atoms with Gasteiger partial charge >= 0.3 is 0 Å². The highest BCUT2D eigenvalue weighted by Crippen LogP contribution is 2.21. The van der Waals surface area contributed by atoms with Crippen LogP contribution in [0.1, 0.15) is 19.8 Å². The van der Waals surface area contributed by atoms with Crippen LogP contribution >= 0.6 is 0 Å². The Kier molecular flexibility index (Phi) is 5.16. The molecule has 21 heavy (non-hydrogen) atoms. The molecule has 1 heterocycles. The Labute approximate surface area is 124 Å². The van der Waals surface area contributed by atoms with Crippen LogP contribution in [0, 0.1) is 5.92 Å². The van der Waals surface area contributed by atoms with Crippen molar-refractivity contribution < 1.29 is 14.3 Å². The summed E-state index contributed by atoms with van der Waals surface area (Å²) in [5.74, 6) is 0.0188. The van der Waals surface area contributed by atoms with Gasteiger partial charge in [0.1, 0.15) is 5.75 Å². The molecule has 2 rings (SSSR count). The van der Waals surface area contributed by atoms with E-state index in [4.69, 9.17) is 10.5 Å². The number of carbonyl (C=O) groups excluding carboxylic acids is 2. The van der Waals surface area contributed by atoms with Crippen LogP contribution in [0.25, 0.3) is 0 Å². The second-order valence-electron chi connectivity index (χ2n) is 5.35. The van der Waals surface area contributed by atoms with Crippen molar-refractivity contribution in [1.29, 1.82) is 0 Å². The molecule has 1 saturated heterocycles. The molecule has 0 radical (unpaired) electrons. The van der Waals surface area contributed by atoms with Gasteiger partial charge in [0.25, 0.3) is 5.91 Å². The smallest absolute Gasteiger partial charge is 0.255 e. The Bertz CT molecular complexity index is 519. The Balaban J connectivity index is 1.94. The number of nitrogens with two attached hydrogens (primary N) is 1. The van der Waals surface area contributed by atoms with E-state index in [0.29, 0.717) is 17.5 Å². The minimum atomic E-state index is -0.534. The number of benzene rings is 1. The van der Waals surface area contributed by atoms with Gasteiger partial charge in [-0.15, -0.1) is 0 Å². The van der Waals surface area contributed by atoms with E-state index in [1.54, 1.807) is 24.3 Å². The summed E-state index contributed by atoms with van der Waals surface area (Å²) in [5.41, 5.74) is 5.69. The number of carbonyl (C=O) groups is 2. The van der Waals surface area contributed by atoms with Gasteiger partial charge < -0.3 is 21.1 Å². The average molecular weight is 291 g/mol. The van der Waals surface area contributed by atoms with Crippen molar-refractivity contribution in [3.8, 4) is 5.75 Å². The van der Waals surface area contributed by atoms with Gasteiger partial charge in [-0.25, -0.2) is 0 Å². The summed E-state index contributed by atoms with van der Waals surface area (Å²) in [6.07, 6.45) is 1.68. The summed E-state index contributed by atoms with van der Waals surface area (Å²) in [4.78, 5) is 22.9. The van der Waals surface area contributed by atoms with Crippen molar-refractivity contribution in [2.24, 2.45) is 11.7 Å².